The van der Waals surface area contributed by atoms with Crippen LogP contribution >= 0.6 is 11.6 Å². The van der Waals surface area contributed by atoms with Crippen LogP contribution in [-0.4, -0.2) is 100 Å². The lowest BCUT2D eigenvalue weighted by Crippen LogP contribution is -2.58. The maximum absolute atomic E-state index is 14.8. The molecule has 0 unspecified atom stereocenters. The lowest BCUT2D eigenvalue weighted by Gasteiger charge is -2.31. The van der Waals surface area contributed by atoms with Gasteiger partial charge in [0.2, 0.25) is 17.8 Å². The van der Waals surface area contributed by atoms with Gasteiger partial charge >= 0.3 is 0 Å². The summed E-state index contributed by atoms with van der Waals surface area (Å²) in [4.78, 5) is 37.6. The van der Waals surface area contributed by atoms with E-state index in [9.17, 15) is 29.3 Å². The molecule has 0 saturated carbocycles. The molecule has 4 N–H and O–H groups in total. The number of rotatable bonds is 13. The number of carbonyl (C=O) groups excluding carboxylic acids is 2. The molecule has 1 aromatic heterocycles. The van der Waals surface area contributed by atoms with E-state index < -0.39 is 43.0 Å². The molecule has 11 nitrogen and oxygen atoms in total. The average molecular weight is 608 g/mol. The fourth-order valence-electron chi connectivity index (χ4n) is 5.32. The molecule has 1 atom stereocenters. The van der Waals surface area contributed by atoms with Crippen molar-refractivity contribution in [2.45, 2.75) is 44.1 Å². The van der Waals surface area contributed by atoms with E-state index in [0.29, 0.717) is 42.2 Å². The Bertz CT molecular complexity index is 1190. The van der Waals surface area contributed by atoms with Crippen LogP contribution in [-0.2, 0) is 16.0 Å². The van der Waals surface area contributed by atoms with Gasteiger partial charge in [-0.25, -0.2) is 14.4 Å². The number of hydrogen-bond donors (Lipinski definition) is 4. The smallest absolute Gasteiger partial charge is 0.227 e. The minimum absolute atomic E-state index is 0.139. The summed E-state index contributed by atoms with van der Waals surface area (Å²) in [6, 6.07) is 4.51. The SMILES string of the molecule is O=C(NC(CO)(CO)CO)[C@@H]1CCN(C(=O)Cc2ccc(OCCCC3CCN(c4ncc(Cl)cn4)CC3)cc2F)C1. The van der Waals surface area contributed by atoms with Crippen LogP contribution in [0.3, 0.4) is 0 Å². The first kappa shape index (κ1) is 31.9. The van der Waals surface area contributed by atoms with Crippen LogP contribution in [0.25, 0.3) is 0 Å². The summed E-state index contributed by atoms with van der Waals surface area (Å²) in [5, 5.41) is 31.3. The van der Waals surface area contributed by atoms with Crippen molar-refractivity contribution in [3.05, 3.63) is 47.0 Å². The van der Waals surface area contributed by atoms with E-state index in [-0.39, 0.29) is 24.4 Å². The Hall–Kier alpha value is -3.06. The first-order valence-electron chi connectivity index (χ1n) is 14.3. The van der Waals surface area contributed by atoms with E-state index in [4.69, 9.17) is 16.3 Å². The van der Waals surface area contributed by atoms with E-state index in [1.54, 1.807) is 24.5 Å². The molecule has 2 aliphatic heterocycles. The van der Waals surface area contributed by atoms with Gasteiger partial charge in [0.1, 0.15) is 17.1 Å². The third-order valence-electron chi connectivity index (χ3n) is 8.10. The highest BCUT2D eigenvalue weighted by Crippen LogP contribution is 2.25. The number of anilines is 1. The highest BCUT2D eigenvalue weighted by molar-refractivity contribution is 6.30. The quantitative estimate of drug-likeness (QED) is 0.249. The molecule has 42 heavy (non-hydrogen) atoms. The monoisotopic (exact) mass is 607 g/mol. The summed E-state index contributed by atoms with van der Waals surface area (Å²) < 4.78 is 20.6. The molecule has 0 spiro atoms. The molecular formula is C29H39ClFN5O6. The number of aromatic nitrogens is 2. The first-order valence-corrected chi connectivity index (χ1v) is 14.7. The van der Waals surface area contributed by atoms with Gasteiger partial charge in [-0.15, -0.1) is 0 Å². The van der Waals surface area contributed by atoms with Crippen molar-refractivity contribution in [1.82, 2.24) is 20.2 Å². The third-order valence-corrected chi connectivity index (χ3v) is 8.30. The summed E-state index contributed by atoms with van der Waals surface area (Å²) in [5.74, 6) is -0.143. The van der Waals surface area contributed by atoms with Crippen LogP contribution in [0, 0.1) is 17.7 Å². The summed E-state index contributed by atoms with van der Waals surface area (Å²) in [6.45, 7) is 0.852. The second-order valence-corrected chi connectivity index (χ2v) is 11.6. The number of nitrogens with one attached hydrogen (secondary N) is 1. The molecule has 13 heteroatoms. The van der Waals surface area contributed by atoms with Crippen molar-refractivity contribution in [1.29, 1.82) is 0 Å². The molecule has 2 saturated heterocycles. The normalized spacial score (nSPS) is 17.9. The van der Waals surface area contributed by atoms with E-state index in [2.05, 4.69) is 20.2 Å². The Balaban J connectivity index is 1.16. The van der Waals surface area contributed by atoms with Gasteiger partial charge in [-0.2, -0.15) is 0 Å². The van der Waals surface area contributed by atoms with Crippen LogP contribution in [0.5, 0.6) is 5.75 Å². The fourth-order valence-corrected chi connectivity index (χ4v) is 5.42. The van der Waals surface area contributed by atoms with Crippen molar-refractivity contribution in [3.63, 3.8) is 0 Å². The largest absolute Gasteiger partial charge is 0.493 e. The van der Waals surface area contributed by atoms with Gasteiger partial charge in [-0.3, -0.25) is 9.59 Å². The van der Waals surface area contributed by atoms with Gasteiger partial charge in [-0.05, 0) is 49.7 Å². The molecule has 0 aliphatic carbocycles. The number of aliphatic hydroxyl groups is 3. The number of ether oxygens (including phenoxy) is 1. The zero-order valence-corrected chi connectivity index (χ0v) is 24.3. The van der Waals surface area contributed by atoms with Crippen LogP contribution in [0.1, 0.15) is 37.7 Å². The molecule has 2 amide bonds. The molecule has 2 aliphatic rings. The average Bonchev–Trinajstić information content (AvgIpc) is 3.51. The number of piperidine rings is 1. The molecule has 2 aromatic rings. The predicted molar refractivity (Wildman–Crippen MR) is 154 cm³/mol. The Morgan fingerprint density at radius 1 is 1.07 bits per heavy atom. The number of amides is 2. The molecule has 4 rings (SSSR count). The van der Waals surface area contributed by atoms with Crippen molar-refractivity contribution in [2.75, 3.05) is 57.5 Å². The van der Waals surface area contributed by atoms with Crippen molar-refractivity contribution < 1.29 is 34.0 Å². The van der Waals surface area contributed by atoms with Gasteiger partial charge < -0.3 is 35.2 Å². The molecule has 0 radical (unpaired) electrons. The Morgan fingerprint density at radius 3 is 2.40 bits per heavy atom. The van der Waals surface area contributed by atoms with E-state index in [1.807, 2.05) is 0 Å². The number of benzene rings is 1. The molecule has 2 fully saturated rings. The van der Waals surface area contributed by atoms with E-state index in [1.165, 1.54) is 11.0 Å². The topological polar surface area (TPSA) is 148 Å². The standard InChI is InChI=1S/C29H39ClFN5O6/c30-23-14-32-28(33-15-23)35-8-5-20(6-9-35)2-1-11-42-24-4-3-21(25(31)13-24)12-26(40)36-10-7-22(16-36)27(41)34-29(17-37,18-38)19-39/h3-4,13-15,20,22,37-39H,1-2,5-12,16-19H2,(H,34,41)/t22-/m1/s1. The van der Waals surface area contributed by atoms with E-state index in [0.717, 1.165) is 38.8 Å². The van der Waals surface area contributed by atoms with Crippen LogP contribution < -0.4 is 15.0 Å². The van der Waals surface area contributed by atoms with Crippen LogP contribution in [0.2, 0.25) is 5.02 Å². The number of aliphatic hydroxyl groups excluding tert-OH is 3. The zero-order valence-electron chi connectivity index (χ0n) is 23.6. The third kappa shape index (κ3) is 8.27. The molecular weight excluding hydrogens is 569 g/mol. The summed E-state index contributed by atoms with van der Waals surface area (Å²) >= 11 is 5.87. The highest BCUT2D eigenvalue weighted by Gasteiger charge is 2.36. The Labute approximate surface area is 249 Å². The summed E-state index contributed by atoms with van der Waals surface area (Å²) in [6.07, 6.45) is 7.41. The number of nitrogens with zero attached hydrogens (tertiary/aromatic N) is 4. The van der Waals surface area contributed by atoms with Gasteiger partial charge in [0.15, 0.2) is 0 Å². The number of halogens is 2. The second-order valence-electron chi connectivity index (χ2n) is 11.1. The number of hydrogen-bond acceptors (Lipinski definition) is 9. The molecule has 230 valence electrons. The minimum Gasteiger partial charge on any atom is -0.493 e. The predicted octanol–water partition coefficient (Wildman–Crippen LogP) is 1.57. The maximum atomic E-state index is 14.8. The van der Waals surface area contributed by atoms with Gasteiger partial charge in [0, 0.05) is 32.2 Å². The van der Waals surface area contributed by atoms with Crippen LogP contribution in [0.4, 0.5) is 10.3 Å². The summed E-state index contributed by atoms with van der Waals surface area (Å²) in [5.41, 5.74) is -1.27. The Morgan fingerprint density at radius 2 is 1.76 bits per heavy atom. The number of carbonyl (C=O) groups is 2. The lowest BCUT2D eigenvalue weighted by atomic mass is 9.92. The molecule has 3 heterocycles. The zero-order chi connectivity index (χ0) is 30.1. The van der Waals surface area contributed by atoms with Crippen LogP contribution in [0.15, 0.2) is 30.6 Å². The number of likely N-dealkylation sites (tertiary alicyclic amines) is 1. The van der Waals surface area contributed by atoms with Gasteiger partial charge in [0.05, 0.1) is 56.2 Å². The van der Waals surface area contributed by atoms with Crippen molar-refractivity contribution in [2.24, 2.45) is 11.8 Å². The lowest BCUT2D eigenvalue weighted by molar-refractivity contribution is -0.131. The summed E-state index contributed by atoms with van der Waals surface area (Å²) in [7, 11) is 0. The maximum Gasteiger partial charge on any atom is 0.227 e. The van der Waals surface area contributed by atoms with E-state index >= 15 is 0 Å². The second kappa shape index (κ2) is 14.9. The van der Waals surface area contributed by atoms with Crippen molar-refractivity contribution >= 4 is 29.4 Å². The van der Waals surface area contributed by atoms with Crippen molar-refractivity contribution in [3.8, 4) is 5.75 Å². The minimum atomic E-state index is -1.52. The molecule has 0 bridgehead atoms. The Kier molecular flexibility index (Phi) is 11.3. The fraction of sp³-hybridized carbons (Fsp3) is 0.586. The first-order chi connectivity index (χ1) is 20.3. The van der Waals surface area contributed by atoms with Gasteiger partial charge in [-0.1, -0.05) is 17.7 Å². The van der Waals surface area contributed by atoms with Gasteiger partial charge in [0.25, 0.3) is 0 Å². The highest BCUT2D eigenvalue weighted by atomic mass is 35.5. The molecule has 1 aromatic carbocycles.